The van der Waals surface area contributed by atoms with E-state index in [1.54, 1.807) is 6.92 Å². The van der Waals surface area contributed by atoms with Crippen LogP contribution >= 0.6 is 0 Å². The molecule has 3 nitrogen and oxygen atoms in total. The minimum absolute atomic E-state index is 0.0688. The SMILES string of the molecule is CCOC(=O)CCC(=O)Cc1ccccc1. The fourth-order valence-corrected chi connectivity index (χ4v) is 1.39. The second-order valence-corrected chi connectivity index (χ2v) is 3.51. The Bertz CT molecular complexity index is 343. The van der Waals surface area contributed by atoms with Crippen LogP contribution in [0, 0.1) is 0 Å². The van der Waals surface area contributed by atoms with Gasteiger partial charge in [0.25, 0.3) is 0 Å². The summed E-state index contributed by atoms with van der Waals surface area (Å²) in [5.74, 6) is -0.233. The number of benzene rings is 1. The van der Waals surface area contributed by atoms with Gasteiger partial charge < -0.3 is 4.74 Å². The highest BCUT2D eigenvalue weighted by atomic mass is 16.5. The van der Waals surface area contributed by atoms with Crippen LogP contribution in [-0.2, 0) is 20.7 Å². The Hall–Kier alpha value is -1.64. The summed E-state index contributed by atoms with van der Waals surface area (Å²) in [4.78, 5) is 22.5. The predicted molar refractivity (Wildman–Crippen MR) is 61.0 cm³/mol. The van der Waals surface area contributed by atoms with Crippen molar-refractivity contribution >= 4 is 11.8 Å². The largest absolute Gasteiger partial charge is 0.466 e. The Morgan fingerprint density at radius 3 is 2.44 bits per heavy atom. The van der Waals surface area contributed by atoms with Crippen molar-refractivity contribution in [1.82, 2.24) is 0 Å². The Kier molecular flexibility index (Phi) is 5.26. The second kappa shape index (κ2) is 6.77. The summed E-state index contributed by atoms with van der Waals surface area (Å²) in [6, 6.07) is 9.51. The molecule has 0 amide bonds. The van der Waals surface area contributed by atoms with Gasteiger partial charge in [-0.1, -0.05) is 30.3 Å². The highest BCUT2D eigenvalue weighted by molar-refractivity contribution is 5.84. The summed E-state index contributed by atoms with van der Waals surface area (Å²) in [5, 5.41) is 0. The number of hydrogen-bond donors (Lipinski definition) is 0. The van der Waals surface area contributed by atoms with Crippen molar-refractivity contribution < 1.29 is 14.3 Å². The average Bonchev–Trinajstić information content (AvgIpc) is 2.28. The maximum Gasteiger partial charge on any atom is 0.306 e. The molecule has 16 heavy (non-hydrogen) atoms. The summed E-state index contributed by atoms with van der Waals surface area (Å²) in [6.45, 7) is 2.12. The smallest absolute Gasteiger partial charge is 0.306 e. The molecule has 0 radical (unpaired) electrons. The van der Waals surface area contributed by atoms with E-state index < -0.39 is 0 Å². The van der Waals surface area contributed by atoms with Crippen LogP contribution in [-0.4, -0.2) is 18.4 Å². The van der Waals surface area contributed by atoms with Gasteiger partial charge in [-0.05, 0) is 12.5 Å². The predicted octanol–water partition coefficient (Wildman–Crippen LogP) is 2.14. The topological polar surface area (TPSA) is 43.4 Å². The van der Waals surface area contributed by atoms with Crippen LogP contribution in [0.2, 0.25) is 0 Å². The van der Waals surface area contributed by atoms with Crippen LogP contribution in [0.15, 0.2) is 30.3 Å². The Morgan fingerprint density at radius 1 is 1.12 bits per heavy atom. The molecule has 0 unspecified atom stereocenters. The molecule has 3 heteroatoms. The lowest BCUT2D eigenvalue weighted by Gasteiger charge is -2.02. The van der Waals surface area contributed by atoms with E-state index in [0.717, 1.165) is 5.56 Å². The minimum Gasteiger partial charge on any atom is -0.466 e. The van der Waals surface area contributed by atoms with Crippen LogP contribution < -0.4 is 0 Å². The molecule has 1 aromatic carbocycles. The van der Waals surface area contributed by atoms with Gasteiger partial charge in [-0.2, -0.15) is 0 Å². The fraction of sp³-hybridized carbons (Fsp3) is 0.385. The van der Waals surface area contributed by atoms with Gasteiger partial charge in [0.1, 0.15) is 5.78 Å². The van der Waals surface area contributed by atoms with Crippen molar-refractivity contribution in [3.63, 3.8) is 0 Å². The summed E-state index contributed by atoms with van der Waals surface area (Å²) < 4.78 is 4.75. The van der Waals surface area contributed by atoms with Gasteiger partial charge in [0.2, 0.25) is 0 Å². The quantitative estimate of drug-likeness (QED) is 0.690. The molecule has 1 aromatic rings. The first kappa shape index (κ1) is 12.4. The maximum atomic E-state index is 11.5. The molecular formula is C13H16O3. The van der Waals surface area contributed by atoms with E-state index in [-0.39, 0.29) is 24.6 Å². The molecule has 0 bridgehead atoms. The number of Topliss-reactive ketones (excluding diaryl/α,β-unsaturated/α-hetero) is 1. The van der Waals surface area contributed by atoms with E-state index in [4.69, 9.17) is 4.74 Å². The molecule has 0 saturated carbocycles. The van der Waals surface area contributed by atoms with Gasteiger partial charge in [-0.3, -0.25) is 9.59 Å². The highest BCUT2D eigenvalue weighted by Gasteiger charge is 2.07. The van der Waals surface area contributed by atoms with Gasteiger partial charge in [0.15, 0.2) is 0 Å². The third-order valence-corrected chi connectivity index (χ3v) is 2.16. The third kappa shape index (κ3) is 4.73. The summed E-state index contributed by atoms with van der Waals surface area (Å²) >= 11 is 0. The molecule has 1 rings (SSSR count). The van der Waals surface area contributed by atoms with Crippen molar-refractivity contribution in [3.8, 4) is 0 Å². The zero-order chi connectivity index (χ0) is 11.8. The van der Waals surface area contributed by atoms with Crippen molar-refractivity contribution in [2.75, 3.05) is 6.61 Å². The van der Waals surface area contributed by atoms with Gasteiger partial charge in [0.05, 0.1) is 13.0 Å². The molecule has 0 saturated heterocycles. The monoisotopic (exact) mass is 220 g/mol. The first-order valence-electron chi connectivity index (χ1n) is 5.43. The lowest BCUT2D eigenvalue weighted by atomic mass is 10.1. The normalized spacial score (nSPS) is 9.81. The van der Waals surface area contributed by atoms with E-state index in [9.17, 15) is 9.59 Å². The number of ether oxygens (including phenoxy) is 1. The van der Waals surface area contributed by atoms with Gasteiger partial charge in [-0.15, -0.1) is 0 Å². The molecule has 0 aromatic heterocycles. The van der Waals surface area contributed by atoms with Crippen LogP contribution in [0.1, 0.15) is 25.3 Å². The van der Waals surface area contributed by atoms with E-state index in [1.807, 2.05) is 30.3 Å². The Balaban J connectivity index is 2.29. The third-order valence-electron chi connectivity index (χ3n) is 2.16. The molecule has 0 spiro atoms. The molecule has 0 fully saturated rings. The van der Waals surface area contributed by atoms with E-state index in [2.05, 4.69) is 0 Å². The van der Waals surface area contributed by atoms with Crippen LogP contribution in [0.5, 0.6) is 0 Å². The van der Waals surface area contributed by atoms with E-state index in [1.165, 1.54) is 0 Å². The average molecular weight is 220 g/mol. The molecule has 0 aliphatic carbocycles. The lowest BCUT2D eigenvalue weighted by molar-refractivity contribution is -0.144. The second-order valence-electron chi connectivity index (χ2n) is 3.51. The van der Waals surface area contributed by atoms with E-state index >= 15 is 0 Å². The molecule has 0 atom stereocenters. The van der Waals surface area contributed by atoms with Gasteiger partial charge in [0, 0.05) is 12.8 Å². The first-order chi connectivity index (χ1) is 7.72. The molecule has 0 aliphatic rings. The number of esters is 1. The van der Waals surface area contributed by atoms with Crippen LogP contribution in [0.4, 0.5) is 0 Å². The lowest BCUT2D eigenvalue weighted by Crippen LogP contribution is -2.09. The molecule has 86 valence electrons. The fourth-order valence-electron chi connectivity index (χ4n) is 1.39. The van der Waals surface area contributed by atoms with Crippen molar-refractivity contribution in [2.24, 2.45) is 0 Å². The molecular weight excluding hydrogens is 204 g/mol. The Labute approximate surface area is 95.4 Å². The molecule has 0 heterocycles. The van der Waals surface area contributed by atoms with E-state index in [0.29, 0.717) is 13.0 Å². The number of carbonyl (C=O) groups is 2. The highest BCUT2D eigenvalue weighted by Crippen LogP contribution is 2.03. The standard InChI is InChI=1S/C13H16O3/c1-2-16-13(15)9-8-12(14)10-11-6-4-3-5-7-11/h3-7H,2,8-10H2,1H3. The molecule has 0 N–H and O–H groups in total. The van der Waals surface area contributed by atoms with Crippen molar-refractivity contribution in [2.45, 2.75) is 26.2 Å². The Morgan fingerprint density at radius 2 is 1.81 bits per heavy atom. The van der Waals surface area contributed by atoms with Crippen molar-refractivity contribution in [3.05, 3.63) is 35.9 Å². The first-order valence-corrected chi connectivity index (χ1v) is 5.43. The minimum atomic E-state index is -0.302. The van der Waals surface area contributed by atoms with Gasteiger partial charge in [-0.25, -0.2) is 0 Å². The number of ketones is 1. The zero-order valence-corrected chi connectivity index (χ0v) is 9.44. The maximum absolute atomic E-state index is 11.5. The number of hydrogen-bond acceptors (Lipinski definition) is 3. The van der Waals surface area contributed by atoms with Crippen molar-refractivity contribution in [1.29, 1.82) is 0 Å². The van der Waals surface area contributed by atoms with Gasteiger partial charge >= 0.3 is 5.97 Å². The van der Waals surface area contributed by atoms with Crippen LogP contribution in [0.25, 0.3) is 0 Å². The zero-order valence-electron chi connectivity index (χ0n) is 9.44. The number of rotatable bonds is 6. The summed E-state index contributed by atoms with van der Waals surface area (Å²) in [5.41, 5.74) is 0.983. The molecule has 0 aliphatic heterocycles. The summed E-state index contributed by atoms with van der Waals surface area (Å²) in [6.07, 6.45) is 0.827. The summed E-state index contributed by atoms with van der Waals surface area (Å²) in [7, 11) is 0. The van der Waals surface area contributed by atoms with Crippen LogP contribution in [0.3, 0.4) is 0 Å². The number of carbonyl (C=O) groups excluding carboxylic acids is 2.